The third kappa shape index (κ3) is 4.48. The second kappa shape index (κ2) is 7.83. The number of rotatable bonds is 6. The van der Waals surface area contributed by atoms with Gasteiger partial charge in [0.1, 0.15) is 25.1 Å². The molecule has 8 nitrogen and oxygen atoms in total. The SMILES string of the molecule is CC(=O)c1ccn(Cc2nc(NC(=O)OCc3ccccc3Cl)co2)n1. The lowest BCUT2D eigenvalue weighted by molar-refractivity contribution is 0.101. The number of oxazole rings is 1. The number of ether oxygens (including phenoxy) is 1. The van der Waals surface area contributed by atoms with Gasteiger partial charge in [0.25, 0.3) is 0 Å². The molecule has 2 heterocycles. The van der Waals surface area contributed by atoms with Crippen molar-refractivity contribution in [1.82, 2.24) is 14.8 Å². The minimum absolute atomic E-state index is 0.0390. The monoisotopic (exact) mass is 374 g/mol. The van der Waals surface area contributed by atoms with Crippen molar-refractivity contribution in [2.24, 2.45) is 0 Å². The molecule has 0 aliphatic rings. The number of amides is 1. The molecule has 3 aromatic rings. The van der Waals surface area contributed by atoms with Crippen molar-refractivity contribution in [3.8, 4) is 0 Å². The Morgan fingerprint density at radius 2 is 2.12 bits per heavy atom. The van der Waals surface area contributed by atoms with Crippen LogP contribution < -0.4 is 5.32 Å². The second-order valence-corrected chi connectivity index (χ2v) is 5.78. The third-order valence-corrected chi connectivity index (χ3v) is 3.77. The van der Waals surface area contributed by atoms with Gasteiger partial charge in [-0.3, -0.25) is 14.8 Å². The van der Waals surface area contributed by atoms with Gasteiger partial charge in [0, 0.05) is 23.7 Å². The van der Waals surface area contributed by atoms with Crippen LogP contribution in [0.2, 0.25) is 5.02 Å². The molecule has 0 radical (unpaired) electrons. The summed E-state index contributed by atoms with van der Waals surface area (Å²) in [5, 5.41) is 7.08. The van der Waals surface area contributed by atoms with Crippen LogP contribution in [0.3, 0.4) is 0 Å². The Morgan fingerprint density at radius 3 is 2.85 bits per heavy atom. The lowest BCUT2D eigenvalue weighted by Gasteiger charge is -2.06. The molecule has 9 heteroatoms. The number of ketones is 1. The Hall–Kier alpha value is -3.13. The number of nitrogens with zero attached hydrogens (tertiary/aromatic N) is 3. The summed E-state index contributed by atoms with van der Waals surface area (Å²) in [4.78, 5) is 27.2. The Labute approximate surface area is 153 Å². The lowest BCUT2D eigenvalue weighted by atomic mass is 10.2. The highest BCUT2D eigenvalue weighted by Gasteiger charge is 2.11. The predicted molar refractivity (Wildman–Crippen MR) is 93.1 cm³/mol. The van der Waals surface area contributed by atoms with E-state index in [-0.39, 0.29) is 24.8 Å². The fourth-order valence-electron chi connectivity index (χ4n) is 2.12. The minimum Gasteiger partial charge on any atom is -0.445 e. The number of aromatic nitrogens is 3. The predicted octanol–water partition coefficient (Wildman–Crippen LogP) is 3.52. The van der Waals surface area contributed by atoms with E-state index in [1.54, 1.807) is 36.5 Å². The molecule has 0 bridgehead atoms. The first kappa shape index (κ1) is 17.7. The molecule has 0 saturated carbocycles. The number of Topliss-reactive ketones (excluding diaryl/α,β-unsaturated/α-hetero) is 1. The molecule has 0 aliphatic carbocycles. The summed E-state index contributed by atoms with van der Waals surface area (Å²) < 4.78 is 11.9. The van der Waals surface area contributed by atoms with Gasteiger partial charge in [0.2, 0.25) is 5.89 Å². The Bertz CT molecular complexity index is 934. The van der Waals surface area contributed by atoms with Crippen molar-refractivity contribution < 1.29 is 18.7 Å². The third-order valence-electron chi connectivity index (χ3n) is 3.40. The molecular weight excluding hydrogens is 360 g/mol. The highest BCUT2D eigenvalue weighted by Crippen LogP contribution is 2.16. The molecular formula is C17H15ClN4O4. The maximum Gasteiger partial charge on any atom is 0.413 e. The molecule has 2 aromatic heterocycles. The fraction of sp³-hybridized carbons (Fsp3) is 0.176. The number of hydrogen-bond donors (Lipinski definition) is 1. The van der Waals surface area contributed by atoms with Crippen LogP contribution >= 0.6 is 11.6 Å². The number of carbonyl (C=O) groups excluding carboxylic acids is 2. The normalized spacial score (nSPS) is 10.5. The average molecular weight is 375 g/mol. The minimum atomic E-state index is -0.678. The topological polar surface area (TPSA) is 99.2 Å². The number of nitrogens with one attached hydrogen (secondary N) is 1. The van der Waals surface area contributed by atoms with Crippen LogP contribution in [0.25, 0.3) is 0 Å². The van der Waals surface area contributed by atoms with Crippen molar-refractivity contribution in [3.63, 3.8) is 0 Å². The summed E-state index contributed by atoms with van der Waals surface area (Å²) in [6, 6.07) is 8.69. The molecule has 3 rings (SSSR count). The highest BCUT2D eigenvalue weighted by molar-refractivity contribution is 6.31. The second-order valence-electron chi connectivity index (χ2n) is 5.37. The largest absolute Gasteiger partial charge is 0.445 e. The number of anilines is 1. The molecule has 1 amide bonds. The van der Waals surface area contributed by atoms with Crippen LogP contribution in [0.5, 0.6) is 0 Å². The van der Waals surface area contributed by atoms with Crippen molar-refractivity contribution in [1.29, 1.82) is 0 Å². The van der Waals surface area contributed by atoms with E-state index in [9.17, 15) is 9.59 Å². The molecule has 0 aliphatic heterocycles. The molecule has 0 spiro atoms. The first-order valence-corrected chi connectivity index (χ1v) is 8.05. The summed E-state index contributed by atoms with van der Waals surface area (Å²) in [5.74, 6) is 0.410. The summed E-state index contributed by atoms with van der Waals surface area (Å²) in [5.41, 5.74) is 1.06. The molecule has 0 saturated heterocycles. The van der Waals surface area contributed by atoms with Gasteiger partial charge in [0.15, 0.2) is 11.6 Å². The van der Waals surface area contributed by atoms with E-state index in [1.165, 1.54) is 17.9 Å². The zero-order valence-electron chi connectivity index (χ0n) is 13.8. The van der Waals surface area contributed by atoms with Crippen LogP contribution in [0.1, 0.15) is 28.9 Å². The average Bonchev–Trinajstić information content (AvgIpc) is 3.24. The van der Waals surface area contributed by atoms with Crippen LogP contribution in [0.4, 0.5) is 10.6 Å². The maximum atomic E-state index is 11.8. The summed E-state index contributed by atoms with van der Waals surface area (Å²) in [7, 11) is 0. The number of hydrogen-bond acceptors (Lipinski definition) is 6. The molecule has 0 fully saturated rings. The van der Waals surface area contributed by atoms with E-state index in [0.717, 1.165) is 0 Å². The van der Waals surface area contributed by atoms with Crippen LogP contribution in [0.15, 0.2) is 47.2 Å². The quantitative estimate of drug-likeness (QED) is 0.662. The van der Waals surface area contributed by atoms with Gasteiger partial charge in [-0.05, 0) is 12.1 Å². The van der Waals surface area contributed by atoms with Crippen molar-refractivity contribution in [2.75, 3.05) is 5.32 Å². The number of carbonyl (C=O) groups is 2. The standard InChI is InChI=1S/C17H15ClN4O4/c1-11(23)14-6-7-22(21-14)8-16-19-15(10-25-16)20-17(24)26-9-12-4-2-3-5-13(12)18/h2-7,10H,8-9H2,1H3,(H,20,24). The van der Waals surface area contributed by atoms with Crippen molar-refractivity contribution in [3.05, 3.63) is 65.0 Å². The first-order valence-electron chi connectivity index (χ1n) is 7.67. The summed E-state index contributed by atoms with van der Waals surface area (Å²) >= 11 is 6.00. The molecule has 0 atom stereocenters. The van der Waals surface area contributed by atoms with Gasteiger partial charge in [0.05, 0.1) is 0 Å². The Kier molecular flexibility index (Phi) is 5.33. The molecule has 1 aromatic carbocycles. The Morgan fingerprint density at radius 1 is 1.31 bits per heavy atom. The molecule has 1 N–H and O–H groups in total. The van der Waals surface area contributed by atoms with Gasteiger partial charge in [-0.2, -0.15) is 10.1 Å². The van der Waals surface area contributed by atoms with Gasteiger partial charge in [-0.25, -0.2) is 4.79 Å². The van der Waals surface area contributed by atoms with Crippen LogP contribution in [0, 0.1) is 0 Å². The Balaban J connectivity index is 1.53. The van der Waals surface area contributed by atoms with Gasteiger partial charge in [-0.15, -0.1) is 0 Å². The lowest BCUT2D eigenvalue weighted by Crippen LogP contribution is -2.14. The van der Waals surface area contributed by atoms with Crippen molar-refractivity contribution in [2.45, 2.75) is 20.1 Å². The van der Waals surface area contributed by atoms with Gasteiger partial charge < -0.3 is 9.15 Å². The summed E-state index contributed by atoms with van der Waals surface area (Å²) in [6.45, 7) is 1.70. The number of halogens is 1. The van der Waals surface area contributed by atoms with E-state index < -0.39 is 6.09 Å². The number of benzene rings is 1. The zero-order chi connectivity index (χ0) is 18.5. The summed E-state index contributed by atoms with van der Waals surface area (Å²) in [6.07, 6.45) is 2.26. The van der Waals surface area contributed by atoms with E-state index >= 15 is 0 Å². The maximum absolute atomic E-state index is 11.8. The van der Waals surface area contributed by atoms with Gasteiger partial charge >= 0.3 is 6.09 Å². The van der Waals surface area contributed by atoms with E-state index in [2.05, 4.69) is 15.4 Å². The smallest absolute Gasteiger partial charge is 0.413 e. The fourth-order valence-corrected chi connectivity index (χ4v) is 2.31. The van der Waals surface area contributed by atoms with Crippen LogP contribution in [-0.2, 0) is 17.9 Å². The van der Waals surface area contributed by atoms with Gasteiger partial charge in [-0.1, -0.05) is 29.8 Å². The molecule has 26 heavy (non-hydrogen) atoms. The van der Waals surface area contributed by atoms with E-state index in [1.807, 2.05) is 0 Å². The van der Waals surface area contributed by atoms with Crippen LogP contribution in [-0.4, -0.2) is 26.6 Å². The molecule has 134 valence electrons. The van der Waals surface area contributed by atoms with E-state index in [0.29, 0.717) is 22.2 Å². The molecule has 0 unspecified atom stereocenters. The first-order chi connectivity index (χ1) is 12.5. The van der Waals surface area contributed by atoms with Crippen molar-refractivity contribution >= 4 is 29.3 Å². The zero-order valence-corrected chi connectivity index (χ0v) is 14.6. The highest BCUT2D eigenvalue weighted by atomic mass is 35.5. The van der Waals surface area contributed by atoms with E-state index in [4.69, 9.17) is 20.8 Å².